The van der Waals surface area contributed by atoms with Crippen LogP contribution in [0.5, 0.6) is 0 Å². The maximum atomic E-state index is 5.89. The largest absolute Gasteiger partial charge is 0.384 e. The first kappa shape index (κ1) is 10.4. The molecule has 0 bridgehead atoms. The van der Waals surface area contributed by atoms with Crippen molar-refractivity contribution >= 4 is 17.6 Å². The minimum Gasteiger partial charge on any atom is -0.384 e. The van der Waals surface area contributed by atoms with E-state index >= 15 is 0 Å². The fourth-order valence-corrected chi connectivity index (χ4v) is 1.70. The summed E-state index contributed by atoms with van der Waals surface area (Å²) >= 11 is 1.86. The van der Waals surface area contributed by atoms with E-state index in [9.17, 15) is 0 Å². The summed E-state index contributed by atoms with van der Waals surface area (Å²) in [6, 6.07) is 0. The maximum Gasteiger partial charge on any atom is 0.126 e. The molecule has 2 N–H and O–H groups in total. The van der Waals surface area contributed by atoms with Crippen molar-refractivity contribution in [3.8, 4) is 0 Å². The Bertz CT molecular complexity index is 257. The number of rotatable bonds is 5. The number of nitrogens with two attached hydrogens (primary N) is 1. The molecule has 3 nitrogen and oxygen atoms in total. The van der Waals surface area contributed by atoms with E-state index in [1.807, 2.05) is 22.7 Å². The van der Waals surface area contributed by atoms with Gasteiger partial charge < -0.3 is 10.3 Å². The van der Waals surface area contributed by atoms with Gasteiger partial charge in [0.15, 0.2) is 0 Å². The van der Waals surface area contributed by atoms with Crippen LogP contribution in [0.15, 0.2) is 6.33 Å². The van der Waals surface area contributed by atoms with Crippen molar-refractivity contribution in [1.29, 1.82) is 0 Å². The monoisotopic (exact) mass is 199 g/mol. The van der Waals surface area contributed by atoms with Crippen LogP contribution in [0, 0.1) is 0 Å². The lowest BCUT2D eigenvalue weighted by Crippen LogP contribution is -2.01. The quantitative estimate of drug-likeness (QED) is 0.735. The number of imidazole rings is 1. The molecule has 1 aromatic rings. The zero-order valence-electron chi connectivity index (χ0n) is 8.29. The normalized spacial score (nSPS) is 10.6. The number of thioether (sulfide) groups is 1. The lowest BCUT2D eigenvalue weighted by Gasteiger charge is -2.01. The number of nitrogen functional groups attached to an aromatic ring is 1. The summed E-state index contributed by atoms with van der Waals surface area (Å²) in [4.78, 5) is 4.29. The molecule has 0 fully saturated rings. The minimum absolute atomic E-state index is 0.837. The van der Waals surface area contributed by atoms with Gasteiger partial charge in [-0.2, -0.15) is 11.8 Å². The van der Waals surface area contributed by atoms with E-state index < -0.39 is 0 Å². The molecule has 0 aliphatic carbocycles. The van der Waals surface area contributed by atoms with Crippen LogP contribution in [-0.4, -0.2) is 21.6 Å². The number of anilines is 1. The highest BCUT2D eigenvalue weighted by Gasteiger charge is 2.04. The third kappa shape index (κ3) is 2.66. The summed E-state index contributed by atoms with van der Waals surface area (Å²) in [6.45, 7) is 2.98. The van der Waals surface area contributed by atoms with Gasteiger partial charge in [0.25, 0.3) is 0 Å². The van der Waals surface area contributed by atoms with E-state index in [-0.39, 0.29) is 0 Å². The Morgan fingerprint density at radius 2 is 2.38 bits per heavy atom. The van der Waals surface area contributed by atoms with Crippen LogP contribution in [0.3, 0.4) is 0 Å². The Hall–Kier alpha value is -0.640. The van der Waals surface area contributed by atoms with Crippen LogP contribution in [0.4, 0.5) is 5.82 Å². The molecule has 0 atom stereocenters. The van der Waals surface area contributed by atoms with Gasteiger partial charge in [-0.25, -0.2) is 4.98 Å². The van der Waals surface area contributed by atoms with Crippen molar-refractivity contribution in [2.75, 3.05) is 17.7 Å². The molecule has 1 rings (SSSR count). The SMILES string of the molecule is CCn1cnc(CCCSC)c1N. The van der Waals surface area contributed by atoms with Crippen LogP contribution >= 0.6 is 11.8 Å². The molecule has 0 saturated heterocycles. The molecule has 0 aliphatic heterocycles. The molecular weight excluding hydrogens is 182 g/mol. The average Bonchev–Trinajstić information content (AvgIpc) is 2.48. The van der Waals surface area contributed by atoms with Gasteiger partial charge in [-0.05, 0) is 31.8 Å². The summed E-state index contributed by atoms with van der Waals surface area (Å²) < 4.78 is 1.98. The lowest BCUT2D eigenvalue weighted by atomic mass is 10.2. The average molecular weight is 199 g/mol. The first-order valence-electron chi connectivity index (χ1n) is 4.58. The second-order valence-electron chi connectivity index (χ2n) is 2.96. The molecule has 1 heterocycles. The Morgan fingerprint density at radius 1 is 1.62 bits per heavy atom. The second kappa shape index (κ2) is 5.17. The predicted molar refractivity (Wildman–Crippen MR) is 59.0 cm³/mol. The van der Waals surface area contributed by atoms with Crippen molar-refractivity contribution in [3.63, 3.8) is 0 Å². The lowest BCUT2D eigenvalue weighted by molar-refractivity contribution is 0.770. The fraction of sp³-hybridized carbons (Fsp3) is 0.667. The molecule has 0 amide bonds. The van der Waals surface area contributed by atoms with Crippen molar-refractivity contribution in [1.82, 2.24) is 9.55 Å². The highest BCUT2D eigenvalue weighted by Crippen LogP contribution is 2.12. The third-order valence-corrected chi connectivity index (χ3v) is 2.76. The van der Waals surface area contributed by atoms with Crippen molar-refractivity contribution in [2.24, 2.45) is 0 Å². The van der Waals surface area contributed by atoms with E-state index in [0.717, 1.165) is 30.9 Å². The zero-order chi connectivity index (χ0) is 9.68. The van der Waals surface area contributed by atoms with Gasteiger partial charge in [-0.15, -0.1) is 0 Å². The number of aryl methyl sites for hydroxylation is 2. The Balaban J connectivity index is 2.51. The molecule has 0 aromatic carbocycles. The van der Waals surface area contributed by atoms with Gasteiger partial charge in [-0.3, -0.25) is 0 Å². The second-order valence-corrected chi connectivity index (χ2v) is 3.94. The van der Waals surface area contributed by atoms with Crippen LogP contribution in [0.2, 0.25) is 0 Å². The van der Waals surface area contributed by atoms with Gasteiger partial charge in [0, 0.05) is 6.54 Å². The fourth-order valence-electron chi connectivity index (χ4n) is 1.26. The highest BCUT2D eigenvalue weighted by molar-refractivity contribution is 7.98. The molecule has 0 spiro atoms. The molecule has 0 unspecified atom stereocenters. The van der Waals surface area contributed by atoms with Gasteiger partial charge in [-0.1, -0.05) is 0 Å². The summed E-state index contributed by atoms with van der Waals surface area (Å²) in [5.74, 6) is 2.02. The van der Waals surface area contributed by atoms with Gasteiger partial charge >= 0.3 is 0 Å². The summed E-state index contributed by atoms with van der Waals surface area (Å²) in [5, 5.41) is 0. The Labute approximate surface area is 83.7 Å². The van der Waals surface area contributed by atoms with Gasteiger partial charge in [0.1, 0.15) is 5.82 Å². The number of nitrogens with zero attached hydrogens (tertiary/aromatic N) is 2. The van der Waals surface area contributed by atoms with Gasteiger partial charge in [0.2, 0.25) is 0 Å². The molecular formula is C9H17N3S. The van der Waals surface area contributed by atoms with Crippen molar-refractivity contribution in [3.05, 3.63) is 12.0 Å². The summed E-state index contributed by atoms with van der Waals surface area (Å²) in [5.41, 5.74) is 6.94. The van der Waals surface area contributed by atoms with Gasteiger partial charge in [0.05, 0.1) is 12.0 Å². The molecule has 0 saturated carbocycles. The summed E-state index contributed by atoms with van der Waals surface area (Å²) in [7, 11) is 0. The minimum atomic E-state index is 0.837. The van der Waals surface area contributed by atoms with Crippen LogP contribution in [0.1, 0.15) is 19.0 Å². The zero-order valence-corrected chi connectivity index (χ0v) is 9.10. The predicted octanol–water partition coefficient (Wildman–Crippen LogP) is 1.78. The van der Waals surface area contributed by atoms with Crippen molar-refractivity contribution in [2.45, 2.75) is 26.3 Å². The molecule has 13 heavy (non-hydrogen) atoms. The molecule has 0 aliphatic rings. The Morgan fingerprint density at radius 3 is 2.92 bits per heavy atom. The molecule has 74 valence electrons. The highest BCUT2D eigenvalue weighted by atomic mass is 32.2. The third-order valence-electron chi connectivity index (χ3n) is 2.06. The van der Waals surface area contributed by atoms with Crippen LogP contribution in [0.25, 0.3) is 0 Å². The number of aromatic nitrogens is 2. The molecule has 0 radical (unpaired) electrons. The van der Waals surface area contributed by atoms with Crippen molar-refractivity contribution < 1.29 is 0 Å². The summed E-state index contributed by atoms with van der Waals surface area (Å²) in [6.07, 6.45) is 6.10. The van der Waals surface area contributed by atoms with E-state index in [1.165, 1.54) is 5.75 Å². The van der Waals surface area contributed by atoms with Crippen LogP contribution < -0.4 is 5.73 Å². The first-order valence-corrected chi connectivity index (χ1v) is 5.97. The topological polar surface area (TPSA) is 43.8 Å². The number of hydrogen-bond donors (Lipinski definition) is 1. The maximum absolute atomic E-state index is 5.89. The van der Waals surface area contributed by atoms with E-state index in [4.69, 9.17) is 5.73 Å². The number of hydrogen-bond acceptors (Lipinski definition) is 3. The van der Waals surface area contributed by atoms with E-state index in [0.29, 0.717) is 0 Å². The smallest absolute Gasteiger partial charge is 0.126 e. The van der Waals surface area contributed by atoms with E-state index in [2.05, 4.69) is 18.2 Å². The molecule has 4 heteroatoms. The standard InChI is InChI=1S/C9H17N3S/c1-3-12-7-11-8(9(12)10)5-4-6-13-2/h7H,3-6,10H2,1-2H3. The first-order chi connectivity index (χ1) is 6.29. The van der Waals surface area contributed by atoms with E-state index in [1.54, 1.807) is 0 Å². The molecule has 1 aromatic heterocycles. The Kier molecular flexibility index (Phi) is 4.15. The van der Waals surface area contributed by atoms with Crippen LogP contribution in [-0.2, 0) is 13.0 Å².